The summed E-state index contributed by atoms with van der Waals surface area (Å²) in [4.78, 5) is 11.1. The number of aliphatic hydroxyl groups excluding tert-OH is 2. The second-order valence-corrected chi connectivity index (χ2v) is 3.69. The molecule has 1 rings (SSSR count). The summed E-state index contributed by atoms with van der Waals surface area (Å²) in [5, 5.41) is 19.2. The van der Waals surface area contributed by atoms with E-state index in [0.29, 0.717) is 0 Å². The number of carbonyl (C=O) groups is 1. The van der Waals surface area contributed by atoms with E-state index < -0.39 is 41.8 Å². The third-order valence-electron chi connectivity index (χ3n) is 2.32. The first-order valence-electron chi connectivity index (χ1n) is 5.42. The second kappa shape index (κ2) is 6.42. The first-order valence-corrected chi connectivity index (χ1v) is 5.42. The molecule has 0 bridgehead atoms. The Hall–Kier alpha value is -1.53. The molecule has 0 aliphatic rings. The molecule has 0 heterocycles. The van der Waals surface area contributed by atoms with Crippen molar-refractivity contribution >= 4 is 5.97 Å². The van der Waals surface area contributed by atoms with Crippen molar-refractivity contribution in [2.75, 3.05) is 6.61 Å². The van der Waals surface area contributed by atoms with Gasteiger partial charge in [-0.25, -0.2) is 8.78 Å². The van der Waals surface area contributed by atoms with Gasteiger partial charge in [0.2, 0.25) is 0 Å². The van der Waals surface area contributed by atoms with Crippen LogP contribution >= 0.6 is 0 Å². The molecule has 0 saturated carbocycles. The molecule has 1 aromatic carbocycles. The number of carbonyl (C=O) groups excluding carboxylic acids is 1. The van der Waals surface area contributed by atoms with Crippen molar-refractivity contribution in [2.45, 2.75) is 25.6 Å². The Morgan fingerprint density at radius 2 is 2.06 bits per heavy atom. The minimum Gasteiger partial charge on any atom is -0.466 e. The summed E-state index contributed by atoms with van der Waals surface area (Å²) in [6.07, 6.45) is -3.74. The number of ether oxygens (including phenoxy) is 1. The molecule has 4 nitrogen and oxygen atoms in total. The smallest absolute Gasteiger partial charge is 0.308 e. The quantitative estimate of drug-likeness (QED) is 0.783. The van der Waals surface area contributed by atoms with Crippen LogP contribution in [0.1, 0.15) is 25.0 Å². The van der Waals surface area contributed by atoms with Crippen molar-refractivity contribution in [3.8, 4) is 0 Å². The van der Waals surface area contributed by atoms with Crippen molar-refractivity contribution < 1.29 is 28.5 Å². The van der Waals surface area contributed by atoms with Gasteiger partial charge in [-0.05, 0) is 25.1 Å². The molecular weight excluding hydrogens is 246 g/mol. The lowest BCUT2D eigenvalue weighted by Crippen LogP contribution is -2.24. The fraction of sp³-hybridized carbons (Fsp3) is 0.417. The molecule has 0 radical (unpaired) electrons. The van der Waals surface area contributed by atoms with Crippen molar-refractivity contribution in [1.29, 1.82) is 0 Å². The van der Waals surface area contributed by atoms with Gasteiger partial charge in [0.15, 0.2) is 0 Å². The number of rotatable bonds is 5. The molecule has 2 unspecified atom stereocenters. The SMILES string of the molecule is CCOC(=O)CC(O)C(O)c1cc(F)ccc1F. The summed E-state index contributed by atoms with van der Waals surface area (Å²) in [7, 11) is 0. The van der Waals surface area contributed by atoms with E-state index in [9.17, 15) is 23.8 Å². The van der Waals surface area contributed by atoms with E-state index in [2.05, 4.69) is 4.74 Å². The molecule has 6 heteroatoms. The summed E-state index contributed by atoms with van der Waals surface area (Å²) < 4.78 is 30.8. The zero-order valence-corrected chi connectivity index (χ0v) is 9.77. The number of halogens is 2. The van der Waals surface area contributed by atoms with Crippen molar-refractivity contribution in [2.24, 2.45) is 0 Å². The molecule has 18 heavy (non-hydrogen) atoms. The number of esters is 1. The average Bonchev–Trinajstić information content (AvgIpc) is 2.31. The predicted molar refractivity (Wildman–Crippen MR) is 58.6 cm³/mol. The molecule has 0 fully saturated rings. The minimum absolute atomic E-state index is 0.135. The summed E-state index contributed by atoms with van der Waals surface area (Å²) in [6, 6.07) is 2.50. The van der Waals surface area contributed by atoms with E-state index in [1.54, 1.807) is 6.92 Å². The minimum atomic E-state index is -1.69. The third-order valence-corrected chi connectivity index (χ3v) is 2.32. The van der Waals surface area contributed by atoms with E-state index in [-0.39, 0.29) is 6.61 Å². The average molecular weight is 260 g/mol. The van der Waals surface area contributed by atoms with Crippen LogP contribution in [0.2, 0.25) is 0 Å². The lowest BCUT2D eigenvalue weighted by molar-refractivity contribution is -0.147. The fourth-order valence-corrected chi connectivity index (χ4v) is 1.45. The molecular formula is C12H14F2O4. The van der Waals surface area contributed by atoms with Crippen LogP contribution in [0, 0.1) is 11.6 Å². The van der Waals surface area contributed by atoms with Crippen LogP contribution in [0.5, 0.6) is 0 Å². The van der Waals surface area contributed by atoms with Gasteiger partial charge in [0.1, 0.15) is 17.7 Å². The van der Waals surface area contributed by atoms with Crippen LogP contribution in [0.4, 0.5) is 8.78 Å². The standard InChI is InChI=1S/C12H14F2O4/c1-2-18-11(16)6-10(15)12(17)8-5-7(13)3-4-9(8)14/h3-5,10,12,15,17H,2,6H2,1H3. The lowest BCUT2D eigenvalue weighted by atomic mass is 10.0. The van der Waals surface area contributed by atoms with Gasteiger partial charge in [0.25, 0.3) is 0 Å². The summed E-state index contributed by atoms with van der Waals surface area (Å²) in [5.41, 5.74) is -0.396. The van der Waals surface area contributed by atoms with E-state index in [4.69, 9.17) is 0 Å². The highest BCUT2D eigenvalue weighted by atomic mass is 19.1. The topological polar surface area (TPSA) is 66.8 Å². The number of hydrogen-bond acceptors (Lipinski definition) is 4. The summed E-state index contributed by atoms with van der Waals surface area (Å²) in [6.45, 7) is 1.73. The monoisotopic (exact) mass is 260 g/mol. The van der Waals surface area contributed by atoms with E-state index in [1.807, 2.05) is 0 Å². The molecule has 0 aliphatic carbocycles. The van der Waals surface area contributed by atoms with Crippen molar-refractivity contribution in [3.05, 3.63) is 35.4 Å². The van der Waals surface area contributed by atoms with Gasteiger partial charge in [-0.2, -0.15) is 0 Å². The number of hydrogen-bond donors (Lipinski definition) is 2. The highest BCUT2D eigenvalue weighted by Gasteiger charge is 2.24. The maximum atomic E-state index is 13.3. The van der Waals surface area contributed by atoms with Crippen LogP contribution < -0.4 is 0 Å². The highest BCUT2D eigenvalue weighted by molar-refractivity contribution is 5.70. The first kappa shape index (κ1) is 14.5. The van der Waals surface area contributed by atoms with Gasteiger partial charge < -0.3 is 14.9 Å². The van der Waals surface area contributed by atoms with Gasteiger partial charge in [0, 0.05) is 5.56 Å². The van der Waals surface area contributed by atoms with Crippen LogP contribution in [0.3, 0.4) is 0 Å². The van der Waals surface area contributed by atoms with Crippen LogP contribution in [0.15, 0.2) is 18.2 Å². The predicted octanol–water partition coefficient (Wildman–Crippen LogP) is 1.31. The summed E-state index contributed by atoms with van der Waals surface area (Å²) >= 11 is 0. The fourth-order valence-electron chi connectivity index (χ4n) is 1.45. The molecule has 2 N–H and O–H groups in total. The Kier molecular flexibility index (Phi) is 5.18. The van der Waals surface area contributed by atoms with E-state index >= 15 is 0 Å². The van der Waals surface area contributed by atoms with Crippen LogP contribution in [0.25, 0.3) is 0 Å². The molecule has 0 amide bonds. The molecule has 2 atom stereocenters. The molecule has 100 valence electrons. The van der Waals surface area contributed by atoms with Gasteiger partial charge in [-0.3, -0.25) is 4.79 Å². The summed E-state index contributed by atoms with van der Waals surface area (Å²) in [5.74, 6) is -2.32. The Bertz CT molecular complexity index is 423. The van der Waals surface area contributed by atoms with Gasteiger partial charge in [-0.15, -0.1) is 0 Å². The number of aliphatic hydroxyl groups is 2. The first-order chi connectivity index (χ1) is 8.45. The second-order valence-electron chi connectivity index (χ2n) is 3.69. The van der Waals surface area contributed by atoms with Crippen LogP contribution in [-0.4, -0.2) is 28.9 Å². The molecule has 0 aliphatic heterocycles. The van der Waals surface area contributed by atoms with Crippen molar-refractivity contribution in [3.63, 3.8) is 0 Å². The molecule has 0 aromatic heterocycles. The van der Waals surface area contributed by atoms with Crippen molar-refractivity contribution in [1.82, 2.24) is 0 Å². The van der Waals surface area contributed by atoms with Gasteiger partial charge in [-0.1, -0.05) is 0 Å². The normalized spacial score (nSPS) is 14.1. The molecule has 1 aromatic rings. The Morgan fingerprint density at radius 1 is 1.39 bits per heavy atom. The van der Waals surface area contributed by atoms with E-state index in [1.165, 1.54) is 0 Å². The Labute approximate surface area is 103 Å². The zero-order valence-electron chi connectivity index (χ0n) is 9.77. The molecule has 0 spiro atoms. The largest absolute Gasteiger partial charge is 0.466 e. The zero-order chi connectivity index (χ0) is 13.7. The van der Waals surface area contributed by atoms with E-state index in [0.717, 1.165) is 18.2 Å². The van der Waals surface area contributed by atoms with Gasteiger partial charge in [0.05, 0.1) is 19.1 Å². The maximum absolute atomic E-state index is 13.3. The maximum Gasteiger partial charge on any atom is 0.308 e. The van der Waals surface area contributed by atoms with Gasteiger partial charge >= 0.3 is 5.97 Å². The highest BCUT2D eigenvalue weighted by Crippen LogP contribution is 2.23. The lowest BCUT2D eigenvalue weighted by Gasteiger charge is -2.18. The van der Waals surface area contributed by atoms with Crippen LogP contribution in [-0.2, 0) is 9.53 Å². The molecule has 0 saturated heterocycles. The number of benzene rings is 1. The Morgan fingerprint density at radius 3 is 2.67 bits per heavy atom. The third kappa shape index (κ3) is 3.75. The Balaban J connectivity index is 2.76.